The van der Waals surface area contributed by atoms with Crippen molar-refractivity contribution in [1.82, 2.24) is 9.55 Å². The average Bonchev–Trinajstić information content (AvgIpc) is 3.65. The minimum atomic E-state index is 1.17. The summed E-state index contributed by atoms with van der Waals surface area (Å²) in [6.45, 7) is 0. The van der Waals surface area contributed by atoms with Crippen LogP contribution >= 0.6 is 0 Å². The van der Waals surface area contributed by atoms with E-state index in [2.05, 4.69) is 167 Å². The summed E-state index contributed by atoms with van der Waals surface area (Å²) >= 11 is 0. The number of nitrogens with one attached hydrogen (secondary N) is 1. The third-order valence-electron chi connectivity index (χ3n) is 12.1. The van der Waals surface area contributed by atoms with Gasteiger partial charge in [-0.3, -0.25) is 0 Å². The molecule has 2 nitrogen and oxygen atoms in total. The van der Waals surface area contributed by atoms with Crippen LogP contribution in [0.15, 0.2) is 78.9 Å². The second kappa shape index (κ2) is 11.1. The molecule has 8 rings (SSSR count). The zero-order valence-electron chi connectivity index (χ0n) is 30.0. The summed E-state index contributed by atoms with van der Waals surface area (Å²) in [6, 6.07) is 29.3. The number of nitrogens with zero attached hydrogens (tertiary/aromatic N) is 1. The Morgan fingerprint density at radius 2 is 0.917 bits per heavy atom. The van der Waals surface area contributed by atoms with Gasteiger partial charge >= 0.3 is 0 Å². The molecular weight excluding hydrogens is 569 g/mol. The highest BCUT2D eigenvalue weighted by Gasteiger charge is 2.26. The number of rotatable bonds is 3. The van der Waals surface area contributed by atoms with E-state index in [1.807, 2.05) is 0 Å². The van der Waals surface area contributed by atoms with Crippen molar-refractivity contribution in [3.8, 4) is 27.9 Å². The lowest BCUT2D eigenvalue weighted by Gasteiger charge is -2.28. The molecule has 0 aliphatic carbocycles. The molecule has 0 aliphatic rings. The van der Waals surface area contributed by atoms with Gasteiger partial charge in [-0.15, -0.1) is 32.8 Å². The zero-order valence-corrected chi connectivity index (χ0v) is 30.0. The SMILES string of the molecule is Bc1c(B)c(B)c(-c2cccc(-n3c4ccccc4c4ccc5c6ccccc6[nH]c5c43)c2-c2c(B)c(B)c(B)c(B)c2B)c(B)c1B. The first-order valence-corrected chi connectivity index (χ1v) is 17.2. The predicted molar refractivity (Wildman–Crippen MR) is 243 cm³/mol. The largest absolute Gasteiger partial charge is 0.353 e. The molecule has 2 heterocycles. The Kier molecular flexibility index (Phi) is 7.11. The Labute approximate surface area is 291 Å². The molecule has 1 N–H and O–H groups in total. The normalized spacial score (nSPS) is 11.8. The molecule has 48 heavy (non-hydrogen) atoms. The van der Waals surface area contributed by atoms with Gasteiger partial charge in [-0.25, -0.2) is 0 Å². The number of aromatic amines is 1. The fourth-order valence-corrected chi connectivity index (χ4v) is 8.60. The highest BCUT2D eigenvalue weighted by Crippen LogP contribution is 2.42. The van der Waals surface area contributed by atoms with Crippen molar-refractivity contribution in [3.05, 3.63) is 78.9 Å². The van der Waals surface area contributed by atoms with Gasteiger partial charge in [0.05, 0.1) is 22.2 Å². The molecule has 0 fully saturated rings. The smallest absolute Gasteiger partial charge is 0.139 e. The van der Waals surface area contributed by atoms with Gasteiger partial charge < -0.3 is 9.55 Å². The lowest BCUT2D eigenvalue weighted by molar-refractivity contribution is 1.19. The van der Waals surface area contributed by atoms with Crippen LogP contribution in [0, 0.1) is 0 Å². The van der Waals surface area contributed by atoms with E-state index in [0.29, 0.717) is 0 Å². The van der Waals surface area contributed by atoms with Crippen molar-refractivity contribution in [2.75, 3.05) is 0 Å². The van der Waals surface area contributed by atoms with Crippen molar-refractivity contribution in [3.63, 3.8) is 0 Å². The summed E-state index contributed by atoms with van der Waals surface area (Å²) < 4.78 is 2.56. The standard InChI is InChI=1S/C36H34B10N2/c37-25-23(26(38)30(42)33(45)29(25)41)18-8-5-11-21(22(18)24-27(39)31(43)34(46)32(44)28(24)40)48-20-10-4-2-7-15(20)17-13-12-16-14-6-1-3-9-19(14)47-35(16)36(17)48/h1-13,47H,37-46H2. The quantitative estimate of drug-likeness (QED) is 0.194. The van der Waals surface area contributed by atoms with E-state index in [0.717, 1.165) is 0 Å². The van der Waals surface area contributed by atoms with Gasteiger partial charge in [-0.05, 0) is 34.9 Å². The van der Waals surface area contributed by atoms with Crippen LogP contribution in [0.25, 0.3) is 71.6 Å². The molecule has 0 atom stereocenters. The molecule has 12 heteroatoms. The lowest BCUT2D eigenvalue weighted by Crippen LogP contribution is -2.56. The van der Waals surface area contributed by atoms with E-state index in [-0.39, 0.29) is 0 Å². The number of fused-ring (bicyclic) bond motifs is 7. The second-order valence-corrected chi connectivity index (χ2v) is 14.1. The topological polar surface area (TPSA) is 20.7 Å². The fraction of sp³-hybridized carbons (Fsp3) is 0. The Morgan fingerprint density at radius 3 is 1.56 bits per heavy atom. The van der Waals surface area contributed by atoms with Gasteiger partial charge in [0.1, 0.15) is 78.5 Å². The number of para-hydroxylation sites is 2. The Balaban J connectivity index is 1.64. The van der Waals surface area contributed by atoms with Crippen molar-refractivity contribution < 1.29 is 0 Å². The third-order valence-corrected chi connectivity index (χ3v) is 12.1. The average molecular weight is 603 g/mol. The molecule has 0 aliphatic heterocycles. The lowest BCUT2D eigenvalue weighted by atomic mass is 9.57. The van der Waals surface area contributed by atoms with Crippen LogP contribution in [0.1, 0.15) is 0 Å². The summed E-state index contributed by atoms with van der Waals surface area (Å²) in [5.41, 5.74) is 25.1. The van der Waals surface area contributed by atoms with Crippen LogP contribution in [-0.2, 0) is 0 Å². The van der Waals surface area contributed by atoms with Gasteiger partial charge in [0.15, 0.2) is 0 Å². The van der Waals surface area contributed by atoms with E-state index in [4.69, 9.17) is 0 Å². The van der Waals surface area contributed by atoms with Gasteiger partial charge in [0.2, 0.25) is 0 Å². The Hall–Kier alpha value is -4.43. The molecule has 0 amide bonds. The van der Waals surface area contributed by atoms with Crippen LogP contribution in [0.2, 0.25) is 0 Å². The van der Waals surface area contributed by atoms with Crippen LogP contribution in [0.5, 0.6) is 0 Å². The molecule has 218 valence electrons. The van der Waals surface area contributed by atoms with E-state index in [1.165, 1.54) is 126 Å². The zero-order chi connectivity index (χ0) is 33.8. The minimum Gasteiger partial charge on any atom is -0.353 e. The van der Waals surface area contributed by atoms with Gasteiger partial charge in [-0.1, -0.05) is 82.5 Å². The number of aromatic nitrogens is 2. The molecular formula is C36H34B10N2. The number of hydrogen-bond donors (Lipinski definition) is 1. The summed E-state index contributed by atoms with van der Waals surface area (Å²) in [6.07, 6.45) is 0. The minimum absolute atomic E-state index is 1.17. The van der Waals surface area contributed by atoms with Crippen molar-refractivity contribution in [2.24, 2.45) is 0 Å². The number of benzene rings is 6. The predicted octanol–water partition coefficient (Wildman–Crippen LogP) is -7.66. The first-order valence-electron chi connectivity index (χ1n) is 17.2. The molecule has 6 aromatic carbocycles. The van der Waals surface area contributed by atoms with E-state index < -0.39 is 0 Å². The molecule has 2 aromatic heterocycles. The van der Waals surface area contributed by atoms with E-state index >= 15 is 0 Å². The first kappa shape index (κ1) is 30.9. The summed E-state index contributed by atoms with van der Waals surface area (Å²) in [5.74, 6) is 0. The van der Waals surface area contributed by atoms with Crippen LogP contribution in [-0.4, -0.2) is 88.0 Å². The van der Waals surface area contributed by atoms with Gasteiger partial charge in [0, 0.05) is 32.6 Å². The van der Waals surface area contributed by atoms with Crippen LogP contribution in [0.3, 0.4) is 0 Å². The monoisotopic (exact) mass is 604 g/mol. The molecule has 0 saturated carbocycles. The maximum absolute atomic E-state index is 3.86. The summed E-state index contributed by atoms with van der Waals surface area (Å²) in [5, 5.41) is 5.04. The number of H-pyrrole nitrogens is 1. The molecule has 0 bridgehead atoms. The highest BCUT2D eigenvalue weighted by atomic mass is 15.0. The molecule has 0 spiro atoms. The van der Waals surface area contributed by atoms with Gasteiger partial charge in [-0.2, -0.15) is 0 Å². The maximum atomic E-state index is 3.86. The Bertz CT molecular complexity index is 2630. The van der Waals surface area contributed by atoms with E-state index in [9.17, 15) is 0 Å². The Morgan fingerprint density at radius 1 is 0.396 bits per heavy atom. The van der Waals surface area contributed by atoms with Gasteiger partial charge in [0.25, 0.3) is 0 Å². The third kappa shape index (κ3) is 4.14. The van der Waals surface area contributed by atoms with Crippen molar-refractivity contribution in [2.45, 2.75) is 0 Å². The fourth-order valence-electron chi connectivity index (χ4n) is 8.60. The van der Waals surface area contributed by atoms with Crippen LogP contribution < -0.4 is 54.6 Å². The second-order valence-electron chi connectivity index (χ2n) is 14.1. The highest BCUT2D eigenvalue weighted by molar-refractivity contribution is 6.70. The van der Waals surface area contributed by atoms with Crippen LogP contribution in [0.4, 0.5) is 0 Å². The molecule has 0 radical (unpaired) electrons. The maximum Gasteiger partial charge on any atom is 0.139 e. The number of hydrogen-bond acceptors (Lipinski definition) is 0. The molecule has 0 saturated heterocycles. The summed E-state index contributed by atoms with van der Waals surface area (Å²) in [7, 11) is 23.0. The van der Waals surface area contributed by atoms with E-state index in [1.54, 1.807) is 0 Å². The van der Waals surface area contributed by atoms with Crippen molar-refractivity contribution in [1.29, 1.82) is 0 Å². The van der Waals surface area contributed by atoms with Crippen molar-refractivity contribution >= 4 is 177 Å². The summed E-state index contributed by atoms with van der Waals surface area (Å²) in [4.78, 5) is 3.86. The molecule has 8 aromatic rings. The first-order chi connectivity index (χ1) is 23.0. The molecule has 0 unspecified atom stereocenters.